The molecule has 1 N–H and O–H groups in total. The predicted octanol–water partition coefficient (Wildman–Crippen LogP) is 2.84. The molecule has 0 radical (unpaired) electrons. The zero-order valence-electron chi connectivity index (χ0n) is 15.6. The Hall–Kier alpha value is -3.74. The summed E-state index contributed by atoms with van der Waals surface area (Å²) >= 11 is 0. The number of carbonyl (C=O) groups excluding carboxylic acids is 1. The smallest absolute Gasteiger partial charge is 0.264 e. The van der Waals surface area contributed by atoms with Crippen molar-refractivity contribution in [2.75, 3.05) is 5.32 Å². The SMILES string of the molecule is Cc1ccccc1NC(=O)Cn1cnc2c(cnn2-c2ccccc2C)c1=O. The highest BCUT2D eigenvalue weighted by atomic mass is 16.2. The maximum absolute atomic E-state index is 12.8. The summed E-state index contributed by atoms with van der Waals surface area (Å²) < 4.78 is 2.93. The Kier molecular flexibility index (Phi) is 4.49. The standard InChI is InChI=1S/C21H19N5O2/c1-14-7-3-5-9-17(14)24-19(27)12-25-13-22-20-16(21(25)28)11-23-26(20)18-10-6-4-8-15(18)2/h3-11,13H,12H2,1-2H3,(H,24,27). The zero-order valence-corrected chi connectivity index (χ0v) is 15.6. The van der Waals surface area contributed by atoms with E-state index in [-0.39, 0.29) is 18.0 Å². The minimum Gasteiger partial charge on any atom is -0.324 e. The van der Waals surface area contributed by atoms with Crippen LogP contribution < -0.4 is 10.9 Å². The number of amides is 1. The lowest BCUT2D eigenvalue weighted by Gasteiger charge is -2.10. The molecule has 0 spiro atoms. The summed E-state index contributed by atoms with van der Waals surface area (Å²) in [6.07, 6.45) is 2.88. The van der Waals surface area contributed by atoms with Crippen LogP contribution in [0.15, 0.2) is 65.8 Å². The minimum absolute atomic E-state index is 0.119. The van der Waals surface area contributed by atoms with Crippen molar-refractivity contribution in [1.29, 1.82) is 0 Å². The van der Waals surface area contributed by atoms with Crippen molar-refractivity contribution >= 4 is 22.6 Å². The first-order valence-corrected chi connectivity index (χ1v) is 8.89. The number of aromatic nitrogens is 4. The van der Waals surface area contributed by atoms with E-state index in [1.54, 1.807) is 4.68 Å². The molecule has 0 saturated carbocycles. The zero-order chi connectivity index (χ0) is 19.7. The van der Waals surface area contributed by atoms with E-state index in [0.717, 1.165) is 22.5 Å². The molecule has 0 unspecified atom stereocenters. The number of aryl methyl sites for hydroxylation is 2. The highest BCUT2D eigenvalue weighted by Gasteiger charge is 2.14. The van der Waals surface area contributed by atoms with Gasteiger partial charge in [0.2, 0.25) is 5.91 Å². The van der Waals surface area contributed by atoms with Crippen molar-refractivity contribution in [2.45, 2.75) is 20.4 Å². The van der Waals surface area contributed by atoms with Gasteiger partial charge in [0.15, 0.2) is 5.65 Å². The summed E-state index contributed by atoms with van der Waals surface area (Å²) in [5, 5.41) is 7.52. The van der Waals surface area contributed by atoms with E-state index in [0.29, 0.717) is 11.0 Å². The number of nitrogens with zero attached hydrogens (tertiary/aromatic N) is 4. The van der Waals surface area contributed by atoms with Crippen LogP contribution in [0, 0.1) is 13.8 Å². The number of carbonyl (C=O) groups is 1. The van der Waals surface area contributed by atoms with Gasteiger partial charge in [-0.25, -0.2) is 9.67 Å². The molecule has 2 heterocycles. The Morgan fingerprint density at radius 2 is 1.75 bits per heavy atom. The number of hydrogen-bond donors (Lipinski definition) is 1. The van der Waals surface area contributed by atoms with E-state index in [1.165, 1.54) is 17.1 Å². The van der Waals surface area contributed by atoms with Gasteiger partial charge in [-0.3, -0.25) is 14.2 Å². The van der Waals surface area contributed by atoms with Crippen molar-refractivity contribution in [1.82, 2.24) is 19.3 Å². The average Bonchev–Trinajstić information content (AvgIpc) is 3.11. The molecule has 1 amide bonds. The molecular formula is C21H19N5O2. The van der Waals surface area contributed by atoms with E-state index in [4.69, 9.17) is 0 Å². The molecule has 0 aliphatic heterocycles. The van der Waals surface area contributed by atoms with E-state index in [2.05, 4.69) is 15.4 Å². The molecular weight excluding hydrogens is 354 g/mol. The van der Waals surface area contributed by atoms with Gasteiger partial charge in [0, 0.05) is 5.69 Å². The third-order valence-corrected chi connectivity index (χ3v) is 4.63. The molecule has 0 aliphatic rings. The number of hydrogen-bond acceptors (Lipinski definition) is 4. The first-order chi connectivity index (χ1) is 13.5. The lowest BCUT2D eigenvalue weighted by Crippen LogP contribution is -2.28. The molecule has 2 aromatic heterocycles. The number of anilines is 1. The molecule has 7 nitrogen and oxygen atoms in total. The van der Waals surface area contributed by atoms with Gasteiger partial charge in [-0.2, -0.15) is 5.10 Å². The van der Waals surface area contributed by atoms with Gasteiger partial charge < -0.3 is 5.32 Å². The van der Waals surface area contributed by atoms with Gasteiger partial charge >= 0.3 is 0 Å². The molecule has 2 aromatic carbocycles. The van der Waals surface area contributed by atoms with Crippen LogP contribution in [0.1, 0.15) is 11.1 Å². The topological polar surface area (TPSA) is 81.8 Å². The van der Waals surface area contributed by atoms with Crippen LogP contribution in [-0.4, -0.2) is 25.2 Å². The van der Waals surface area contributed by atoms with Gasteiger partial charge in [-0.1, -0.05) is 36.4 Å². The van der Waals surface area contributed by atoms with Crippen molar-refractivity contribution in [2.24, 2.45) is 0 Å². The fourth-order valence-electron chi connectivity index (χ4n) is 3.10. The average molecular weight is 373 g/mol. The number of rotatable bonds is 4. The summed E-state index contributed by atoms with van der Waals surface area (Å²) in [5.41, 5.74) is 3.73. The van der Waals surface area contributed by atoms with Crippen LogP contribution >= 0.6 is 0 Å². The third-order valence-electron chi connectivity index (χ3n) is 4.63. The minimum atomic E-state index is -0.301. The van der Waals surface area contributed by atoms with Crippen molar-refractivity contribution in [3.8, 4) is 5.69 Å². The van der Waals surface area contributed by atoms with Gasteiger partial charge in [0.25, 0.3) is 5.56 Å². The number of benzene rings is 2. The molecule has 0 saturated heterocycles. The Bertz CT molecular complexity index is 1240. The first kappa shape index (κ1) is 17.7. The second-order valence-corrected chi connectivity index (χ2v) is 6.62. The Morgan fingerprint density at radius 3 is 2.50 bits per heavy atom. The molecule has 0 atom stereocenters. The summed E-state index contributed by atoms with van der Waals surface area (Å²) in [6, 6.07) is 15.2. The highest BCUT2D eigenvalue weighted by molar-refractivity contribution is 5.91. The van der Waals surface area contributed by atoms with Crippen LogP contribution in [0.2, 0.25) is 0 Å². The normalized spacial score (nSPS) is 10.9. The largest absolute Gasteiger partial charge is 0.324 e. The van der Waals surface area contributed by atoms with Crippen LogP contribution in [-0.2, 0) is 11.3 Å². The van der Waals surface area contributed by atoms with Gasteiger partial charge in [-0.15, -0.1) is 0 Å². The summed E-state index contributed by atoms with van der Waals surface area (Å²) in [4.78, 5) is 29.6. The van der Waals surface area contributed by atoms with Crippen molar-refractivity contribution < 1.29 is 4.79 Å². The maximum Gasteiger partial charge on any atom is 0.264 e. The lowest BCUT2D eigenvalue weighted by atomic mass is 10.2. The van der Waals surface area contributed by atoms with Crippen LogP contribution in [0.4, 0.5) is 5.69 Å². The fourth-order valence-corrected chi connectivity index (χ4v) is 3.10. The lowest BCUT2D eigenvalue weighted by molar-refractivity contribution is -0.116. The number of para-hydroxylation sites is 2. The van der Waals surface area contributed by atoms with Crippen LogP contribution in [0.25, 0.3) is 16.7 Å². The quantitative estimate of drug-likeness (QED) is 0.596. The Labute approximate surface area is 161 Å². The second-order valence-electron chi connectivity index (χ2n) is 6.62. The monoisotopic (exact) mass is 373 g/mol. The molecule has 140 valence electrons. The molecule has 7 heteroatoms. The summed E-state index contributed by atoms with van der Waals surface area (Å²) in [7, 11) is 0. The molecule has 0 bridgehead atoms. The second kappa shape index (κ2) is 7.11. The van der Waals surface area contributed by atoms with Gasteiger partial charge in [0.05, 0.1) is 11.9 Å². The van der Waals surface area contributed by atoms with Crippen LogP contribution in [0.3, 0.4) is 0 Å². The first-order valence-electron chi connectivity index (χ1n) is 8.89. The van der Waals surface area contributed by atoms with Gasteiger partial charge in [0.1, 0.15) is 18.3 Å². The fraction of sp³-hybridized carbons (Fsp3) is 0.143. The maximum atomic E-state index is 12.8. The van der Waals surface area contributed by atoms with E-state index in [9.17, 15) is 9.59 Å². The van der Waals surface area contributed by atoms with Crippen molar-refractivity contribution in [3.05, 3.63) is 82.5 Å². The molecule has 4 aromatic rings. The number of nitrogens with one attached hydrogen (secondary N) is 1. The summed E-state index contributed by atoms with van der Waals surface area (Å²) in [6.45, 7) is 3.76. The summed E-state index contributed by atoms with van der Waals surface area (Å²) in [5.74, 6) is -0.288. The number of fused-ring (bicyclic) bond motifs is 1. The molecule has 0 fully saturated rings. The van der Waals surface area contributed by atoms with Gasteiger partial charge in [-0.05, 0) is 37.1 Å². The highest BCUT2D eigenvalue weighted by Crippen LogP contribution is 2.17. The molecule has 28 heavy (non-hydrogen) atoms. The van der Waals surface area contributed by atoms with Crippen LogP contribution in [0.5, 0.6) is 0 Å². The Balaban J connectivity index is 1.64. The van der Waals surface area contributed by atoms with E-state index >= 15 is 0 Å². The van der Waals surface area contributed by atoms with E-state index in [1.807, 2.05) is 62.4 Å². The van der Waals surface area contributed by atoms with E-state index < -0.39 is 0 Å². The molecule has 4 rings (SSSR count). The Morgan fingerprint density at radius 1 is 1.04 bits per heavy atom. The van der Waals surface area contributed by atoms with Crippen molar-refractivity contribution in [3.63, 3.8) is 0 Å². The molecule has 0 aliphatic carbocycles. The third kappa shape index (κ3) is 3.18. The predicted molar refractivity (Wildman–Crippen MR) is 108 cm³/mol.